The average molecular weight is 456 g/mol. The van der Waals surface area contributed by atoms with Gasteiger partial charge in [0.1, 0.15) is 24.2 Å². The molecule has 9 heteroatoms. The van der Waals surface area contributed by atoms with Gasteiger partial charge < -0.3 is 5.32 Å². The molecule has 0 aliphatic carbocycles. The van der Waals surface area contributed by atoms with Crippen LogP contribution in [0.3, 0.4) is 0 Å². The normalized spacial score (nSPS) is 11.0. The van der Waals surface area contributed by atoms with Crippen molar-refractivity contribution in [1.29, 1.82) is 0 Å². The molecule has 2 aromatic heterocycles. The van der Waals surface area contributed by atoms with E-state index in [2.05, 4.69) is 31.4 Å². The Morgan fingerprint density at radius 2 is 1.93 bits per heavy atom. The lowest BCUT2D eigenvalue weighted by atomic mass is 10.1. The largest absolute Gasteiger partial charge is 0.324 e. The summed E-state index contributed by atoms with van der Waals surface area (Å²) in [6.45, 7) is 1.33. The Labute approximate surface area is 172 Å². The number of rotatable bonds is 4. The Morgan fingerprint density at radius 1 is 1.17 bits per heavy atom. The molecule has 0 unspecified atom stereocenters. The SMILES string of the molecule is Cc1ccc(NC(=O)Cn2ncn3nc(-c4ccc(Br)cc4)cc3c2=O)cc1F. The maximum atomic E-state index is 13.6. The van der Waals surface area contributed by atoms with Gasteiger partial charge in [-0.15, -0.1) is 0 Å². The van der Waals surface area contributed by atoms with Gasteiger partial charge in [0.2, 0.25) is 5.91 Å². The van der Waals surface area contributed by atoms with Gasteiger partial charge in [0, 0.05) is 15.7 Å². The van der Waals surface area contributed by atoms with Gasteiger partial charge in [-0.25, -0.2) is 13.6 Å². The van der Waals surface area contributed by atoms with Gasteiger partial charge in [-0.05, 0) is 42.8 Å². The lowest BCUT2D eigenvalue weighted by Crippen LogP contribution is -2.30. The van der Waals surface area contributed by atoms with Crippen LogP contribution in [-0.2, 0) is 11.3 Å². The minimum Gasteiger partial charge on any atom is -0.324 e. The van der Waals surface area contributed by atoms with Crippen LogP contribution in [0, 0.1) is 12.7 Å². The maximum absolute atomic E-state index is 13.6. The molecule has 1 N–H and O–H groups in total. The van der Waals surface area contributed by atoms with Crippen molar-refractivity contribution < 1.29 is 9.18 Å². The number of nitrogens with zero attached hydrogens (tertiary/aromatic N) is 4. The Bertz CT molecular complexity index is 1280. The van der Waals surface area contributed by atoms with Crippen molar-refractivity contribution in [3.05, 3.63) is 81.1 Å². The van der Waals surface area contributed by atoms with Crippen LogP contribution in [0.2, 0.25) is 0 Å². The van der Waals surface area contributed by atoms with Crippen molar-refractivity contribution in [2.45, 2.75) is 13.5 Å². The van der Waals surface area contributed by atoms with Crippen LogP contribution in [0.1, 0.15) is 5.56 Å². The maximum Gasteiger partial charge on any atom is 0.293 e. The van der Waals surface area contributed by atoms with E-state index in [-0.39, 0.29) is 6.54 Å². The minimum absolute atomic E-state index is 0.298. The van der Waals surface area contributed by atoms with Crippen molar-refractivity contribution in [2.24, 2.45) is 0 Å². The van der Waals surface area contributed by atoms with Crippen LogP contribution in [0.25, 0.3) is 16.8 Å². The Morgan fingerprint density at radius 3 is 2.66 bits per heavy atom. The van der Waals surface area contributed by atoms with E-state index in [1.807, 2.05) is 24.3 Å². The fraction of sp³-hybridized carbons (Fsp3) is 0.100. The third-order valence-electron chi connectivity index (χ3n) is 4.38. The molecule has 0 bridgehead atoms. The minimum atomic E-state index is -0.486. The molecule has 0 fully saturated rings. The van der Waals surface area contributed by atoms with E-state index in [1.54, 1.807) is 25.1 Å². The highest BCUT2D eigenvalue weighted by molar-refractivity contribution is 9.10. The molecule has 0 spiro atoms. The molecular formula is C20H15BrFN5O2. The number of benzene rings is 2. The summed E-state index contributed by atoms with van der Waals surface area (Å²) in [7, 11) is 0. The van der Waals surface area contributed by atoms with Crippen LogP contribution in [0.4, 0.5) is 10.1 Å². The van der Waals surface area contributed by atoms with Crippen LogP contribution >= 0.6 is 15.9 Å². The highest BCUT2D eigenvalue weighted by Crippen LogP contribution is 2.21. The number of aryl methyl sites for hydroxylation is 1. The molecule has 0 saturated heterocycles. The number of amides is 1. The first-order chi connectivity index (χ1) is 13.9. The Balaban J connectivity index is 1.58. The predicted octanol–water partition coefficient (Wildman–Crippen LogP) is 3.41. The van der Waals surface area contributed by atoms with E-state index in [1.165, 1.54) is 16.9 Å². The molecule has 0 radical (unpaired) electrons. The first-order valence-corrected chi connectivity index (χ1v) is 9.47. The van der Waals surface area contributed by atoms with Crippen molar-refractivity contribution in [2.75, 3.05) is 5.32 Å². The molecule has 0 aliphatic heterocycles. The van der Waals surface area contributed by atoms with Crippen LogP contribution in [0.15, 0.2) is 64.1 Å². The monoisotopic (exact) mass is 455 g/mol. The first-order valence-electron chi connectivity index (χ1n) is 8.68. The second-order valence-corrected chi connectivity index (χ2v) is 7.39. The van der Waals surface area contributed by atoms with E-state index in [4.69, 9.17) is 0 Å². The quantitative estimate of drug-likeness (QED) is 0.511. The molecule has 0 aliphatic rings. The summed E-state index contributed by atoms with van der Waals surface area (Å²) >= 11 is 3.38. The molecule has 1 amide bonds. The van der Waals surface area contributed by atoms with Gasteiger partial charge >= 0.3 is 0 Å². The number of carbonyl (C=O) groups is 1. The molecule has 7 nitrogen and oxygen atoms in total. The van der Waals surface area contributed by atoms with E-state index >= 15 is 0 Å². The highest BCUT2D eigenvalue weighted by atomic mass is 79.9. The second kappa shape index (κ2) is 7.59. The summed E-state index contributed by atoms with van der Waals surface area (Å²) < 4.78 is 17.0. The van der Waals surface area contributed by atoms with Crippen LogP contribution in [-0.4, -0.2) is 25.3 Å². The molecular weight excluding hydrogens is 441 g/mol. The van der Waals surface area contributed by atoms with Gasteiger partial charge in [0.05, 0.1) is 5.69 Å². The zero-order valence-corrected chi connectivity index (χ0v) is 16.9. The van der Waals surface area contributed by atoms with E-state index in [9.17, 15) is 14.0 Å². The number of fused-ring (bicyclic) bond motifs is 1. The summed E-state index contributed by atoms with van der Waals surface area (Å²) in [4.78, 5) is 25.0. The molecule has 146 valence electrons. The van der Waals surface area contributed by atoms with Crippen molar-refractivity contribution in [3.8, 4) is 11.3 Å². The van der Waals surface area contributed by atoms with Crippen LogP contribution in [0.5, 0.6) is 0 Å². The summed E-state index contributed by atoms with van der Waals surface area (Å²) in [6.07, 6.45) is 1.37. The number of aromatic nitrogens is 4. The number of anilines is 1. The van der Waals surface area contributed by atoms with E-state index in [0.29, 0.717) is 22.5 Å². The fourth-order valence-electron chi connectivity index (χ4n) is 2.82. The van der Waals surface area contributed by atoms with Gasteiger partial charge in [-0.2, -0.15) is 10.2 Å². The summed E-state index contributed by atoms with van der Waals surface area (Å²) in [6, 6.07) is 13.6. The Kier molecular flexibility index (Phi) is 4.98. The molecule has 2 heterocycles. The van der Waals surface area contributed by atoms with Crippen molar-refractivity contribution in [1.82, 2.24) is 19.4 Å². The third kappa shape index (κ3) is 3.95. The molecule has 4 aromatic rings. The zero-order chi connectivity index (χ0) is 20.5. The predicted molar refractivity (Wildman–Crippen MR) is 110 cm³/mol. The average Bonchev–Trinajstić information content (AvgIpc) is 3.13. The smallest absolute Gasteiger partial charge is 0.293 e. The first kappa shape index (κ1) is 19.0. The number of carbonyl (C=O) groups excluding carboxylic acids is 1. The lowest BCUT2D eigenvalue weighted by Gasteiger charge is -2.07. The van der Waals surface area contributed by atoms with Crippen molar-refractivity contribution in [3.63, 3.8) is 0 Å². The number of hydrogen-bond acceptors (Lipinski definition) is 4. The topological polar surface area (TPSA) is 81.3 Å². The number of halogens is 2. The number of hydrogen-bond donors (Lipinski definition) is 1. The van der Waals surface area contributed by atoms with Gasteiger partial charge in [0.25, 0.3) is 5.56 Å². The summed E-state index contributed by atoms with van der Waals surface area (Å²) in [5.74, 6) is -0.904. The summed E-state index contributed by atoms with van der Waals surface area (Å²) in [5.41, 5.74) is 2.11. The standard InChI is InChI=1S/C20H15BrFN5O2/c1-12-2-7-15(8-16(12)22)24-19(28)10-26-20(29)18-9-17(25-27(18)11-23-26)13-3-5-14(21)6-4-13/h2-9,11H,10H2,1H3,(H,24,28). The van der Waals surface area contributed by atoms with Gasteiger partial charge in [0.15, 0.2) is 0 Å². The highest BCUT2D eigenvalue weighted by Gasteiger charge is 2.13. The molecule has 0 atom stereocenters. The van der Waals surface area contributed by atoms with E-state index in [0.717, 1.165) is 14.7 Å². The zero-order valence-electron chi connectivity index (χ0n) is 15.3. The van der Waals surface area contributed by atoms with E-state index < -0.39 is 17.3 Å². The fourth-order valence-corrected chi connectivity index (χ4v) is 3.08. The Hall–Kier alpha value is -3.33. The second-order valence-electron chi connectivity index (χ2n) is 6.47. The molecule has 0 saturated carbocycles. The lowest BCUT2D eigenvalue weighted by molar-refractivity contribution is -0.117. The molecule has 4 rings (SSSR count). The van der Waals surface area contributed by atoms with Gasteiger partial charge in [-0.3, -0.25) is 9.59 Å². The molecule has 2 aromatic carbocycles. The van der Waals surface area contributed by atoms with Crippen molar-refractivity contribution >= 4 is 33.0 Å². The number of nitrogens with one attached hydrogen (secondary N) is 1. The summed E-state index contributed by atoms with van der Waals surface area (Å²) in [5, 5.41) is 10.9. The molecule has 29 heavy (non-hydrogen) atoms. The van der Waals surface area contributed by atoms with Crippen LogP contribution < -0.4 is 10.9 Å². The van der Waals surface area contributed by atoms with Gasteiger partial charge in [-0.1, -0.05) is 34.1 Å². The third-order valence-corrected chi connectivity index (χ3v) is 4.91.